The van der Waals surface area contributed by atoms with Gasteiger partial charge in [0.25, 0.3) is 5.56 Å². The van der Waals surface area contributed by atoms with E-state index in [-0.39, 0.29) is 5.56 Å². The Balaban J connectivity index is 2.10. The summed E-state index contributed by atoms with van der Waals surface area (Å²) in [7, 11) is 0. The van der Waals surface area contributed by atoms with Crippen molar-refractivity contribution in [1.82, 2.24) is 19.5 Å². The second-order valence-corrected chi connectivity index (χ2v) is 5.30. The molecule has 0 unspecified atom stereocenters. The second-order valence-electron chi connectivity index (χ2n) is 5.30. The smallest absolute Gasteiger partial charge is 0.261 e. The van der Waals surface area contributed by atoms with E-state index in [1.807, 2.05) is 32.9 Å². The molecule has 0 aliphatic rings. The van der Waals surface area contributed by atoms with Crippen molar-refractivity contribution >= 4 is 10.9 Å². The summed E-state index contributed by atoms with van der Waals surface area (Å²) in [4.78, 5) is 25.5. The Morgan fingerprint density at radius 2 is 1.86 bits per heavy atom. The third-order valence-electron chi connectivity index (χ3n) is 3.43. The molecule has 0 amide bonds. The Hall–Kier alpha value is -2.56. The molecule has 2 aromatic heterocycles. The van der Waals surface area contributed by atoms with Crippen molar-refractivity contribution in [2.24, 2.45) is 0 Å². The van der Waals surface area contributed by atoms with E-state index in [9.17, 15) is 4.79 Å². The first-order chi connectivity index (χ1) is 10.0. The van der Waals surface area contributed by atoms with Gasteiger partial charge in [-0.25, -0.2) is 4.98 Å². The molecule has 0 radical (unpaired) electrons. The molecule has 0 fully saturated rings. The zero-order chi connectivity index (χ0) is 15.0. The average Bonchev–Trinajstić information content (AvgIpc) is 2.45. The van der Waals surface area contributed by atoms with Gasteiger partial charge in [0.2, 0.25) is 0 Å². The molecule has 3 rings (SSSR count). The molecule has 0 aliphatic carbocycles. The molecule has 1 aromatic carbocycles. The summed E-state index contributed by atoms with van der Waals surface area (Å²) in [6, 6.07) is 3.92. The standard InChI is InChI=1S/C16H16N4O/c1-10-4-11(2)15-14(5-10)16(21)20(9-19-15)8-13-7-17-12(3)6-18-13/h4-7,9H,8H2,1-3H3. The maximum Gasteiger partial charge on any atom is 0.261 e. The molecule has 21 heavy (non-hydrogen) atoms. The van der Waals surface area contributed by atoms with Crippen molar-refractivity contribution in [2.45, 2.75) is 27.3 Å². The first kappa shape index (κ1) is 13.4. The predicted molar refractivity (Wildman–Crippen MR) is 81.3 cm³/mol. The van der Waals surface area contributed by atoms with E-state index in [1.165, 1.54) is 0 Å². The largest absolute Gasteiger partial charge is 0.293 e. The quantitative estimate of drug-likeness (QED) is 0.721. The molecule has 0 spiro atoms. The van der Waals surface area contributed by atoms with Gasteiger partial charge < -0.3 is 0 Å². The highest BCUT2D eigenvalue weighted by atomic mass is 16.1. The van der Waals surface area contributed by atoms with Crippen LogP contribution in [-0.4, -0.2) is 19.5 Å². The lowest BCUT2D eigenvalue weighted by atomic mass is 10.1. The number of benzene rings is 1. The fourth-order valence-electron chi connectivity index (χ4n) is 2.42. The highest BCUT2D eigenvalue weighted by Crippen LogP contribution is 2.15. The maximum absolute atomic E-state index is 12.6. The van der Waals surface area contributed by atoms with Crippen molar-refractivity contribution in [1.29, 1.82) is 0 Å². The minimum Gasteiger partial charge on any atom is -0.293 e. The van der Waals surface area contributed by atoms with Gasteiger partial charge in [0.05, 0.1) is 41.4 Å². The highest BCUT2D eigenvalue weighted by molar-refractivity contribution is 5.81. The Kier molecular flexibility index (Phi) is 3.25. The van der Waals surface area contributed by atoms with Crippen LogP contribution in [0.4, 0.5) is 0 Å². The molecule has 106 valence electrons. The SMILES string of the molecule is Cc1cc(C)c2ncn(Cc3cnc(C)cn3)c(=O)c2c1. The van der Waals surface area contributed by atoms with E-state index in [2.05, 4.69) is 15.0 Å². The van der Waals surface area contributed by atoms with Gasteiger partial charge in [-0.2, -0.15) is 0 Å². The van der Waals surface area contributed by atoms with E-state index in [0.29, 0.717) is 11.9 Å². The summed E-state index contributed by atoms with van der Waals surface area (Å²) in [5.74, 6) is 0. The predicted octanol–water partition coefficient (Wildman–Crippen LogP) is 2.16. The third-order valence-corrected chi connectivity index (χ3v) is 3.43. The van der Waals surface area contributed by atoms with Crippen molar-refractivity contribution in [3.63, 3.8) is 0 Å². The second kappa shape index (κ2) is 5.09. The molecule has 0 N–H and O–H groups in total. The molecule has 0 saturated carbocycles. The lowest BCUT2D eigenvalue weighted by Gasteiger charge is -2.08. The Labute approximate surface area is 122 Å². The van der Waals surface area contributed by atoms with E-state index >= 15 is 0 Å². The maximum atomic E-state index is 12.6. The Morgan fingerprint density at radius 3 is 2.57 bits per heavy atom. The first-order valence-electron chi connectivity index (χ1n) is 6.78. The van der Waals surface area contributed by atoms with Gasteiger partial charge in [0.1, 0.15) is 0 Å². The van der Waals surface area contributed by atoms with Crippen molar-refractivity contribution in [2.75, 3.05) is 0 Å². The molecule has 0 saturated heterocycles. The van der Waals surface area contributed by atoms with Crippen LogP contribution in [0, 0.1) is 20.8 Å². The van der Waals surface area contributed by atoms with E-state index < -0.39 is 0 Å². The number of rotatable bonds is 2. The number of fused-ring (bicyclic) bond motifs is 1. The number of aryl methyl sites for hydroxylation is 3. The molecular weight excluding hydrogens is 264 g/mol. The number of nitrogens with zero attached hydrogens (tertiary/aromatic N) is 4. The summed E-state index contributed by atoms with van der Waals surface area (Å²) < 4.78 is 1.57. The minimum atomic E-state index is -0.0471. The molecule has 0 atom stereocenters. The average molecular weight is 280 g/mol. The number of hydrogen-bond donors (Lipinski definition) is 0. The van der Waals surface area contributed by atoms with Crippen LogP contribution < -0.4 is 5.56 Å². The fourth-order valence-corrected chi connectivity index (χ4v) is 2.42. The van der Waals surface area contributed by atoms with Crippen LogP contribution >= 0.6 is 0 Å². The summed E-state index contributed by atoms with van der Waals surface area (Å²) in [5, 5.41) is 0.648. The normalized spacial score (nSPS) is 11.0. The third kappa shape index (κ3) is 2.54. The van der Waals surface area contributed by atoms with Gasteiger partial charge in [-0.15, -0.1) is 0 Å². The lowest BCUT2D eigenvalue weighted by Crippen LogP contribution is -2.22. The van der Waals surface area contributed by atoms with Gasteiger partial charge in [-0.3, -0.25) is 19.3 Å². The van der Waals surface area contributed by atoms with Crippen molar-refractivity contribution in [3.05, 3.63) is 63.7 Å². The number of hydrogen-bond acceptors (Lipinski definition) is 4. The molecule has 5 heteroatoms. The van der Waals surface area contributed by atoms with Gasteiger partial charge in [0.15, 0.2) is 0 Å². The van der Waals surface area contributed by atoms with Crippen LogP contribution in [0.25, 0.3) is 10.9 Å². The van der Waals surface area contributed by atoms with Crippen LogP contribution in [0.15, 0.2) is 35.6 Å². The summed E-state index contributed by atoms with van der Waals surface area (Å²) in [5.41, 5.74) is 4.39. The van der Waals surface area contributed by atoms with E-state index in [1.54, 1.807) is 23.3 Å². The van der Waals surface area contributed by atoms with Crippen LogP contribution in [-0.2, 0) is 6.54 Å². The fraction of sp³-hybridized carbons (Fsp3) is 0.250. The monoisotopic (exact) mass is 280 g/mol. The van der Waals surface area contributed by atoms with Crippen LogP contribution in [0.1, 0.15) is 22.5 Å². The van der Waals surface area contributed by atoms with Crippen LogP contribution in [0.2, 0.25) is 0 Å². The summed E-state index contributed by atoms with van der Waals surface area (Å²) in [6.07, 6.45) is 4.96. The summed E-state index contributed by atoms with van der Waals surface area (Å²) in [6.45, 7) is 6.21. The summed E-state index contributed by atoms with van der Waals surface area (Å²) >= 11 is 0. The van der Waals surface area contributed by atoms with Crippen LogP contribution in [0.5, 0.6) is 0 Å². The minimum absolute atomic E-state index is 0.0471. The molecule has 5 nitrogen and oxygen atoms in total. The molecule has 0 bridgehead atoms. The molecule has 0 aliphatic heterocycles. The van der Waals surface area contributed by atoms with Crippen molar-refractivity contribution < 1.29 is 0 Å². The highest BCUT2D eigenvalue weighted by Gasteiger charge is 2.08. The Bertz CT molecular complexity index is 866. The van der Waals surface area contributed by atoms with Crippen LogP contribution in [0.3, 0.4) is 0 Å². The topological polar surface area (TPSA) is 60.7 Å². The zero-order valence-electron chi connectivity index (χ0n) is 12.3. The molecule has 2 heterocycles. The molecular formula is C16H16N4O. The van der Waals surface area contributed by atoms with Gasteiger partial charge in [0, 0.05) is 6.20 Å². The van der Waals surface area contributed by atoms with E-state index in [0.717, 1.165) is 28.0 Å². The van der Waals surface area contributed by atoms with Crippen molar-refractivity contribution in [3.8, 4) is 0 Å². The van der Waals surface area contributed by atoms with E-state index in [4.69, 9.17) is 0 Å². The Morgan fingerprint density at radius 1 is 1.05 bits per heavy atom. The van der Waals surface area contributed by atoms with Gasteiger partial charge in [-0.1, -0.05) is 6.07 Å². The zero-order valence-corrected chi connectivity index (χ0v) is 12.3. The first-order valence-corrected chi connectivity index (χ1v) is 6.78. The van der Waals surface area contributed by atoms with Gasteiger partial charge >= 0.3 is 0 Å². The van der Waals surface area contributed by atoms with Gasteiger partial charge in [-0.05, 0) is 38.0 Å². The number of aromatic nitrogens is 4. The molecule has 3 aromatic rings. The lowest BCUT2D eigenvalue weighted by molar-refractivity contribution is 0.723.